The first-order chi connectivity index (χ1) is 32.5. The summed E-state index contributed by atoms with van der Waals surface area (Å²) in [4.78, 5) is 73.8. The number of halogens is 2. The number of Topliss-reactive ketones (excluding diaryl/α,β-unsaturated/α-hetero) is 2. The third-order valence-electron chi connectivity index (χ3n) is 14.4. The maximum absolute atomic E-state index is 14.7. The summed E-state index contributed by atoms with van der Waals surface area (Å²) in [5, 5.41) is 44.9. The second-order valence-electron chi connectivity index (χ2n) is 18.0. The van der Waals surface area contributed by atoms with Gasteiger partial charge in [0.05, 0.1) is 46.9 Å². The third-order valence-corrected chi connectivity index (χ3v) is 15.1. The number of carbonyl (C=O) groups excluding carboxylic acids is 3. The molecule has 17 heteroatoms. The summed E-state index contributed by atoms with van der Waals surface area (Å²) in [5.74, 6) is -1.93. The van der Waals surface area contributed by atoms with Gasteiger partial charge >= 0.3 is 0 Å². The highest BCUT2D eigenvalue weighted by atomic mass is 32.2. The third kappa shape index (κ3) is 7.41. The van der Waals surface area contributed by atoms with Gasteiger partial charge in [0, 0.05) is 87.2 Å². The number of thioether (sulfide) groups is 1. The highest BCUT2D eigenvalue weighted by molar-refractivity contribution is 7.98. The van der Waals surface area contributed by atoms with Gasteiger partial charge in [-0.3, -0.25) is 24.0 Å². The number of amides is 1. The Balaban J connectivity index is 0.000000170. The Morgan fingerprint density at radius 3 is 1.74 bits per heavy atom. The molecule has 0 saturated carbocycles. The zero-order valence-electron chi connectivity index (χ0n) is 38.1. The molecule has 6 aromatic rings. The van der Waals surface area contributed by atoms with Crippen LogP contribution in [0.25, 0.3) is 44.6 Å². The minimum absolute atomic E-state index is 0.0556. The molecule has 4 aromatic heterocycles. The van der Waals surface area contributed by atoms with E-state index in [0.29, 0.717) is 109 Å². The average molecular weight is 948 g/mol. The van der Waals surface area contributed by atoms with E-state index in [4.69, 9.17) is 10.1 Å². The van der Waals surface area contributed by atoms with Gasteiger partial charge in [-0.2, -0.15) is 0 Å². The molecular weight excluding hydrogens is 897 g/mol. The van der Waals surface area contributed by atoms with Crippen molar-refractivity contribution in [1.82, 2.24) is 24.4 Å². The summed E-state index contributed by atoms with van der Waals surface area (Å²) < 4.78 is 32.3. The van der Waals surface area contributed by atoms with E-state index in [1.807, 2.05) is 0 Å². The lowest BCUT2D eigenvalue weighted by atomic mass is 9.77. The second-order valence-corrected chi connectivity index (χ2v) is 18.8. The first-order valence-corrected chi connectivity index (χ1v) is 24.1. The fourth-order valence-electron chi connectivity index (χ4n) is 10.5. The Hall–Kier alpha value is -5.98. The standard InChI is InChI=1S/C26H27FN2O4.C25H24FN3O5S/c1-3-26(33)19-11-22-24-18(13-29(22)25(32)16(19)7-8-23(26)31)15(6-4-5-9-30)17-10-14(2)20(27)12-21(17)28-24;1-3-25(34)16-7-19-23-15(10-29(19)24(33)12(16)4-5-21(25)31)14(9-27-22(32)11-30)13-6-20(35-2)17(26)8-18(13)28-23/h10-12,30,33H,3-9,13H2,1-2H3;6-8,30,34H,3-5,9-11H2,1-2H3,(H,27,32)/t26-;25-/m00/s1. The summed E-state index contributed by atoms with van der Waals surface area (Å²) in [6.45, 7) is 5.17. The van der Waals surface area contributed by atoms with E-state index in [9.17, 15) is 48.1 Å². The summed E-state index contributed by atoms with van der Waals surface area (Å²) in [7, 11) is 0. The molecule has 6 heterocycles. The molecule has 5 N–H and O–H groups in total. The van der Waals surface area contributed by atoms with Gasteiger partial charge in [-0.25, -0.2) is 18.7 Å². The van der Waals surface area contributed by atoms with Gasteiger partial charge < -0.3 is 34.9 Å². The van der Waals surface area contributed by atoms with Gasteiger partial charge in [0.15, 0.2) is 11.6 Å². The highest BCUT2D eigenvalue weighted by Gasteiger charge is 2.45. The lowest BCUT2D eigenvalue weighted by Gasteiger charge is -2.32. The fourth-order valence-corrected chi connectivity index (χ4v) is 11.0. The molecule has 0 radical (unpaired) electrons. The summed E-state index contributed by atoms with van der Waals surface area (Å²) >= 11 is 1.25. The second kappa shape index (κ2) is 17.8. The lowest BCUT2D eigenvalue weighted by molar-refractivity contribution is -0.140. The van der Waals surface area contributed by atoms with E-state index in [-0.39, 0.29) is 80.3 Å². The van der Waals surface area contributed by atoms with Gasteiger partial charge in [0.1, 0.15) is 29.4 Å². The van der Waals surface area contributed by atoms with Crippen molar-refractivity contribution in [1.29, 1.82) is 0 Å². The molecule has 2 aromatic carbocycles. The van der Waals surface area contributed by atoms with Crippen molar-refractivity contribution < 1.29 is 43.6 Å². The predicted molar refractivity (Wildman–Crippen MR) is 252 cm³/mol. The van der Waals surface area contributed by atoms with E-state index in [2.05, 4.69) is 10.3 Å². The Kier molecular flexibility index (Phi) is 12.4. The van der Waals surface area contributed by atoms with Crippen LogP contribution in [0, 0.1) is 18.6 Å². The number of nitrogens with zero attached hydrogens (tertiary/aromatic N) is 4. The van der Waals surface area contributed by atoms with Crippen LogP contribution in [0.2, 0.25) is 0 Å². The maximum atomic E-state index is 14.7. The number of unbranched alkanes of at least 4 members (excludes halogenated alkanes) is 1. The minimum atomic E-state index is -1.74. The molecule has 0 saturated heterocycles. The Morgan fingerprint density at radius 2 is 1.24 bits per heavy atom. The van der Waals surface area contributed by atoms with E-state index in [0.717, 1.165) is 22.9 Å². The van der Waals surface area contributed by atoms with Crippen LogP contribution in [0.15, 0.2) is 50.9 Å². The number of pyridine rings is 4. The maximum Gasteiger partial charge on any atom is 0.254 e. The summed E-state index contributed by atoms with van der Waals surface area (Å²) in [5.41, 5.74) is 4.41. The van der Waals surface area contributed by atoms with Gasteiger partial charge in [0.2, 0.25) is 5.91 Å². The van der Waals surface area contributed by atoms with Crippen molar-refractivity contribution in [2.75, 3.05) is 19.5 Å². The molecule has 2 atom stereocenters. The number of benzene rings is 2. The monoisotopic (exact) mass is 947 g/mol. The lowest BCUT2D eigenvalue weighted by Crippen LogP contribution is -2.43. The average Bonchev–Trinajstić information content (AvgIpc) is 3.89. The van der Waals surface area contributed by atoms with Crippen LogP contribution in [-0.4, -0.2) is 76.5 Å². The van der Waals surface area contributed by atoms with E-state index in [1.54, 1.807) is 60.4 Å². The van der Waals surface area contributed by atoms with E-state index < -0.39 is 29.5 Å². The smallest absolute Gasteiger partial charge is 0.254 e. The van der Waals surface area contributed by atoms with Crippen molar-refractivity contribution in [2.24, 2.45) is 0 Å². The van der Waals surface area contributed by atoms with Crippen LogP contribution in [0.4, 0.5) is 8.78 Å². The van der Waals surface area contributed by atoms with Crippen LogP contribution in [-0.2, 0) is 64.5 Å². The normalized spacial score (nSPS) is 18.7. The van der Waals surface area contributed by atoms with Crippen LogP contribution >= 0.6 is 11.8 Å². The van der Waals surface area contributed by atoms with Gasteiger partial charge in [-0.15, -0.1) is 11.8 Å². The Morgan fingerprint density at radius 1 is 0.721 bits per heavy atom. The first-order valence-electron chi connectivity index (χ1n) is 22.9. The minimum Gasteiger partial charge on any atom is -0.396 e. The van der Waals surface area contributed by atoms with Crippen LogP contribution in [0.1, 0.15) is 102 Å². The van der Waals surface area contributed by atoms with Crippen molar-refractivity contribution >= 4 is 51.0 Å². The highest BCUT2D eigenvalue weighted by Crippen LogP contribution is 2.43. The Labute approximate surface area is 393 Å². The molecule has 2 aliphatic heterocycles. The van der Waals surface area contributed by atoms with Crippen LogP contribution in [0.5, 0.6) is 0 Å². The van der Waals surface area contributed by atoms with E-state index in [1.165, 1.54) is 23.9 Å². The van der Waals surface area contributed by atoms with Crippen molar-refractivity contribution in [3.63, 3.8) is 0 Å². The number of nitrogens with one attached hydrogen (secondary N) is 1. The Bertz CT molecular complexity index is 3300. The van der Waals surface area contributed by atoms with Gasteiger partial charge in [-0.1, -0.05) is 13.8 Å². The fraction of sp³-hybridized carbons (Fsp3) is 0.392. The molecule has 354 valence electrons. The topological polar surface area (TPSA) is 214 Å². The number of rotatable bonds is 10. The molecule has 68 heavy (non-hydrogen) atoms. The molecule has 4 aliphatic rings. The van der Waals surface area contributed by atoms with Crippen molar-refractivity contribution in [2.45, 2.75) is 114 Å². The van der Waals surface area contributed by atoms with Crippen LogP contribution < -0.4 is 16.4 Å². The number of aliphatic hydroxyl groups excluding tert-OH is 2. The number of carbonyl (C=O) groups is 3. The molecule has 0 bridgehead atoms. The first kappa shape index (κ1) is 47.1. The quantitative estimate of drug-likeness (QED) is 0.0872. The summed E-state index contributed by atoms with van der Waals surface area (Å²) in [6.07, 6.45) is 4.97. The van der Waals surface area contributed by atoms with Crippen molar-refractivity contribution in [3.05, 3.63) is 119 Å². The number of aromatic nitrogens is 4. The summed E-state index contributed by atoms with van der Waals surface area (Å²) in [6, 6.07) is 9.62. The molecule has 1 amide bonds. The van der Waals surface area contributed by atoms with Gasteiger partial charge in [0.25, 0.3) is 11.1 Å². The number of aryl methyl sites for hydroxylation is 2. The van der Waals surface area contributed by atoms with Gasteiger partial charge in [-0.05, 0) is 99.1 Å². The number of fused-ring (bicyclic) bond motifs is 10. The number of hydrogen-bond acceptors (Lipinski definition) is 12. The number of hydrogen-bond donors (Lipinski definition) is 5. The predicted octanol–water partition coefficient (Wildman–Crippen LogP) is 5.31. The number of ketones is 2. The molecule has 0 unspecified atom stereocenters. The van der Waals surface area contributed by atoms with Crippen molar-refractivity contribution in [3.8, 4) is 22.8 Å². The largest absolute Gasteiger partial charge is 0.396 e. The van der Waals surface area contributed by atoms with E-state index >= 15 is 0 Å². The molecule has 10 rings (SSSR count). The molecule has 14 nitrogen and oxygen atoms in total. The molecule has 0 fully saturated rings. The SMILES string of the molecule is CC[C@@]1(O)C(=O)CCc2c1cc1n(c2=O)Cc2c-1nc1cc(F)c(C)cc1c2CCCCO.CC[C@@]1(O)C(=O)CCc2c1cc1n(c2=O)Cc2c-1nc1cc(F)c(SC)cc1c2CNC(=O)CO. The molecule has 2 aliphatic carbocycles. The molecule has 0 spiro atoms. The van der Waals surface area contributed by atoms with Crippen LogP contribution in [0.3, 0.4) is 0 Å². The zero-order valence-corrected chi connectivity index (χ0v) is 39.0. The zero-order chi connectivity index (χ0) is 48.6. The number of aliphatic hydroxyl groups is 4. The molecular formula is C51H51F2N5O9S.